The van der Waals surface area contributed by atoms with Gasteiger partial charge in [-0.3, -0.25) is 11.3 Å². The zero-order valence-electron chi connectivity index (χ0n) is 10.3. The molecule has 0 saturated carbocycles. The second-order valence-corrected chi connectivity index (χ2v) is 6.14. The number of aryl methyl sites for hydroxylation is 2. The normalized spacial score (nSPS) is 12.6. The summed E-state index contributed by atoms with van der Waals surface area (Å²) in [5, 5.41) is 2.11. The summed E-state index contributed by atoms with van der Waals surface area (Å²) in [5.41, 5.74) is 5.39. The molecule has 0 aliphatic heterocycles. The number of nitrogens with one attached hydrogen (secondary N) is 1. The van der Waals surface area contributed by atoms with E-state index >= 15 is 0 Å². The number of nitrogens with two attached hydrogens (primary N) is 1. The van der Waals surface area contributed by atoms with Gasteiger partial charge in [-0.05, 0) is 42.3 Å². The molecule has 1 heterocycles. The van der Waals surface area contributed by atoms with Crippen LogP contribution >= 0.6 is 27.3 Å². The Kier molecular flexibility index (Phi) is 4.95. The predicted molar refractivity (Wildman–Crippen MR) is 81.6 cm³/mol. The Hall–Kier alpha value is -0.680. The van der Waals surface area contributed by atoms with E-state index in [1.54, 1.807) is 11.3 Å². The lowest BCUT2D eigenvalue weighted by Crippen LogP contribution is -2.28. The first-order valence-corrected chi connectivity index (χ1v) is 7.63. The Morgan fingerprint density at radius 2 is 2.17 bits per heavy atom. The van der Waals surface area contributed by atoms with Gasteiger partial charge in [0.15, 0.2) is 0 Å². The Balaban J connectivity index is 2.10. The van der Waals surface area contributed by atoms with Crippen molar-refractivity contribution in [3.8, 4) is 0 Å². The zero-order valence-corrected chi connectivity index (χ0v) is 12.7. The number of hydrogen-bond acceptors (Lipinski definition) is 3. The summed E-state index contributed by atoms with van der Waals surface area (Å²) < 4.78 is 1.15. The molecule has 1 aromatic heterocycles. The van der Waals surface area contributed by atoms with Crippen molar-refractivity contribution in [2.45, 2.75) is 25.8 Å². The molecule has 0 amide bonds. The van der Waals surface area contributed by atoms with Gasteiger partial charge in [0.2, 0.25) is 0 Å². The van der Waals surface area contributed by atoms with E-state index in [1.165, 1.54) is 16.0 Å². The van der Waals surface area contributed by atoms with Gasteiger partial charge in [0.1, 0.15) is 0 Å². The van der Waals surface area contributed by atoms with Gasteiger partial charge in [-0.15, -0.1) is 11.3 Å². The third-order valence-corrected chi connectivity index (χ3v) is 5.08. The van der Waals surface area contributed by atoms with Gasteiger partial charge in [0, 0.05) is 15.4 Å². The first kappa shape index (κ1) is 13.7. The maximum Gasteiger partial charge on any atom is 0.0474 e. The van der Waals surface area contributed by atoms with Gasteiger partial charge in [0.25, 0.3) is 0 Å². The van der Waals surface area contributed by atoms with Crippen LogP contribution in [0.1, 0.15) is 28.5 Å². The summed E-state index contributed by atoms with van der Waals surface area (Å²) in [7, 11) is 0. The van der Waals surface area contributed by atoms with Crippen LogP contribution in [-0.2, 0) is 6.42 Å². The number of rotatable bonds is 5. The highest BCUT2D eigenvalue weighted by atomic mass is 79.9. The average Bonchev–Trinajstić information content (AvgIpc) is 2.88. The van der Waals surface area contributed by atoms with Crippen LogP contribution in [0.5, 0.6) is 0 Å². The topological polar surface area (TPSA) is 38.0 Å². The van der Waals surface area contributed by atoms with Gasteiger partial charge < -0.3 is 0 Å². The quantitative estimate of drug-likeness (QED) is 0.645. The molecule has 1 unspecified atom stereocenters. The van der Waals surface area contributed by atoms with Gasteiger partial charge in [-0.2, -0.15) is 0 Å². The number of hydrazine groups is 1. The fourth-order valence-electron chi connectivity index (χ4n) is 2.01. The molecule has 0 bridgehead atoms. The number of thiophene rings is 1. The van der Waals surface area contributed by atoms with Gasteiger partial charge in [-0.1, -0.05) is 40.2 Å². The molecule has 1 aromatic carbocycles. The number of benzene rings is 1. The van der Waals surface area contributed by atoms with Gasteiger partial charge in [-0.25, -0.2) is 0 Å². The van der Waals surface area contributed by atoms with Crippen LogP contribution < -0.4 is 11.3 Å². The average molecular weight is 325 g/mol. The van der Waals surface area contributed by atoms with Gasteiger partial charge in [0.05, 0.1) is 0 Å². The standard InChI is InChI=1S/C14H17BrN2S/c1-10-4-2-6-12(14(10)15)13(17-16)8-7-11-5-3-9-18-11/h2-6,9,13,17H,7-8,16H2,1H3. The van der Waals surface area contributed by atoms with Crippen LogP contribution in [0.2, 0.25) is 0 Å². The van der Waals surface area contributed by atoms with E-state index in [2.05, 4.69) is 64.0 Å². The second-order valence-electron chi connectivity index (χ2n) is 4.32. The molecule has 1 atom stereocenters. The van der Waals surface area contributed by atoms with Gasteiger partial charge >= 0.3 is 0 Å². The van der Waals surface area contributed by atoms with Crippen LogP contribution in [0.15, 0.2) is 40.2 Å². The molecule has 0 saturated heterocycles. The molecule has 96 valence electrons. The first-order chi connectivity index (χ1) is 8.72. The molecule has 3 N–H and O–H groups in total. The van der Waals surface area contributed by atoms with Crippen molar-refractivity contribution in [2.75, 3.05) is 0 Å². The highest BCUT2D eigenvalue weighted by Crippen LogP contribution is 2.29. The van der Waals surface area contributed by atoms with Crippen molar-refractivity contribution < 1.29 is 0 Å². The minimum atomic E-state index is 0.182. The summed E-state index contributed by atoms with van der Waals surface area (Å²) in [6.07, 6.45) is 2.05. The predicted octanol–water partition coefficient (Wildman–Crippen LogP) is 3.96. The number of hydrogen-bond donors (Lipinski definition) is 2. The van der Waals surface area contributed by atoms with Crippen molar-refractivity contribution >= 4 is 27.3 Å². The third-order valence-electron chi connectivity index (χ3n) is 3.06. The fourth-order valence-corrected chi connectivity index (χ4v) is 3.27. The minimum Gasteiger partial charge on any atom is -0.271 e. The lowest BCUT2D eigenvalue weighted by Gasteiger charge is -2.18. The molecular weight excluding hydrogens is 308 g/mol. The van der Waals surface area contributed by atoms with E-state index in [4.69, 9.17) is 5.84 Å². The van der Waals surface area contributed by atoms with Crippen molar-refractivity contribution in [3.05, 3.63) is 56.2 Å². The molecule has 2 rings (SSSR count). The van der Waals surface area contributed by atoms with E-state index in [0.29, 0.717) is 0 Å². The highest BCUT2D eigenvalue weighted by molar-refractivity contribution is 9.10. The molecule has 0 aliphatic rings. The smallest absolute Gasteiger partial charge is 0.0474 e. The monoisotopic (exact) mass is 324 g/mol. The molecule has 0 aliphatic carbocycles. The summed E-state index contributed by atoms with van der Waals surface area (Å²) in [6, 6.07) is 10.7. The van der Waals surface area contributed by atoms with E-state index in [-0.39, 0.29) is 6.04 Å². The lowest BCUT2D eigenvalue weighted by atomic mass is 10.0. The Bertz CT molecular complexity index is 497. The molecule has 2 nitrogen and oxygen atoms in total. The van der Waals surface area contributed by atoms with E-state index < -0.39 is 0 Å². The van der Waals surface area contributed by atoms with E-state index in [1.807, 2.05) is 0 Å². The largest absolute Gasteiger partial charge is 0.271 e. The van der Waals surface area contributed by atoms with Crippen molar-refractivity contribution in [1.29, 1.82) is 0 Å². The first-order valence-electron chi connectivity index (χ1n) is 5.96. The summed E-state index contributed by atoms with van der Waals surface area (Å²) in [5.74, 6) is 5.70. The molecule has 4 heteroatoms. The molecule has 0 radical (unpaired) electrons. The van der Waals surface area contributed by atoms with Crippen LogP contribution in [0.4, 0.5) is 0 Å². The van der Waals surface area contributed by atoms with Crippen molar-refractivity contribution in [3.63, 3.8) is 0 Å². The molecule has 0 spiro atoms. The Morgan fingerprint density at radius 3 is 2.83 bits per heavy atom. The Morgan fingerprint density at radius 1 is 1.33 bits per heavy atom. The fraction of sp³-hybridized carbons (Fsp3) is 0.286. The highest BCUT2D eigenvalue weighted by Gasteiger charge is 2.14. The molecular formula is C14H17BrN2S. The Labute approximate surface area is 120 Å². The van der Waals surface area contributed by atoms with Crippen molar-refractivity contribution in [2.24, 2.45) is 5.84 Å². The van der Waals surface area contributed by atoms with Crippen LogP contribution in [0, 0.1) is 6.92 Å². The summed E-state index contributed by atoms with van der Waals surface area (Å²) in [6.45, 7) is 2.10. The zero-order chi connectivity index (χ0) is 13.0. The maximum atomic E-state index is 5.70. The van der Waals surface area contributed by atoms with Crippen LogP contribution in [0.25, 0.3) is 0 Å². The third kappa shape index (κ3) is 3.20. The van der Waals surface area contributed by atoms with Crippen LogP contribution in [-0.4, -0.2) is 0 Å². The van der Waals surface area contributed by atoms with E-state index in [9.17, 15) is 0 Å². The molecule has 0 fully saturated rings. The SMILES string of the molecule is Cc1cccc(C(CCc2cccs2)NN)c1Br. The maximum absolute atomic E-state index is 5.70. The molecule has 2 aromatic rings. The second kappa shape index (κ2) is 6.48. The van der Waals surface area contributed by atoms with Crippen molar-refractivity contribution in [1.82, 2.24) is 5.43 Å². The van der Waals surface area contributed by atoms with Crippen LogP contribution in [0.3, 0.4) is 0 Å². The minimum absolute atomic E-state index is 0.182. The summed E-state index contributed by atoms with van der Waals surface area (Å²) >= 11 is 5.45. The molecule has 18 heavy (non-hydrogen) atoms. The number of halogens is 1. The summed E-state index contributed by atoms with van der Waals surface area (Å²) in [4.78, 5) is 1.40. The van der Waals surface area contributed by atoms with E-state index in [0.717, 1.165) is 17.3 Å². The lowest BCUT2D eigenvalue weighted by molar-refractivity contribution is 0.516.